The Hall–Kier alpha value is -1.29. The number of pyridine rings is 1. The van der Waals surface area contributed by atoms with Crippen molar-refractivity contribution in [1.29, 1.82) is 0 Å². The quantitative estimate of drug-likeness (QED) is 0.788. The number of nitrogens with zero attached hydrogens (tertiary/aromatic N) is 3. The molecule has 0 spiro atoms. The molecule has 0 saturated carbocycles. The van der Waals surface area contributed by atoms with Crippen LogP contribution in [0.25, 0.3) is 0 Å². The number of hydrogen-bond donors (Lipinski definition) is 1. The fourth-order valence-corrected chi connectivity index (χ4v) is 2.75. The Labute approximate surface area is 103 Å². The number of likely N-dealkylation sites (N-methyl/N-ethyl adjacent to an activating group) is 1. The highest BCUT2D eigenvalue weighted by Gasteiger charge is 2.24. The third-order valence-corrected chi connectivity index (χ3v) is 4.00. The molecule has 0 amide bonds. The Balaban J connectivity index is 1.87. The molecule has 0 aromatic carbocycles. The maximum absolute atomic E-state index is 4.40. The van der Waals surface area contributed by atoms with Crippen molar-refractivity contribution in [3.05, 3.63) is 17.8 Å². The second kappa shape index (κ2) is 4.18. The third-order valence-electron chi connectivity index (χ3n) is 4.00. The highest BCUT2D eigenvalue weighted by Crippen LogP contribution is 2.30. The van der Waals surface area contributed by atoms with Gasteiger partial charge in [0.05, 0.1) is 0 Å². The molecule has 2 aliphatic heterocycles. The molecule has 3 rings (SSSR count). The average Bonchev–Trinajstić information content (AvgIpc) is 2.80. The molecule has 0 aliphatic carbocycles. The fourth-order valence-electron chi connectivity index (χ4n) is 2.75. The molecule has 2 aliphatic rings. The molecular weight excluding hydrogens is 212 g/mol. The molecule has 1 aromatic rings. The summed E-state index contributed by atoms with van der Waals surface area (Å²) in [5.41, 5.74) is 2.80. The van der Waals surface area contributed by atoms with Crippen LogP contribution in [0.1, 0.15) is 12.5 Å². The van der Waals surface area contributed by atoms with Crippen molar-refractivity contribution >= 4 is 11.5 Å². The van der Waals surface area contributed by atoms with E-state index in [1.807, 2.05) is 6.20 Å². The summed E-state index contributed by atoms with van der Waals surface area (Å²) in [4.78, 5) is 9.34. The minimum Gasteiger partial charge on any atom is -0.369 e. The maximum Gasteiger partial charge on any atom is 0.131 e. The molecule has 1 N–H and O–H groups in total. The highest BCUT2D eigenvalue weighted by molar-refractivity contribution is 5.66. The van der Waals surface area contributed by atoms with E-state index >= 15 is 0 Å². The van der Waals surface area contributed by atoms with Crippen LogP contribution in [-0.2, 0) is 6.42 Å². The summed E-state index contributed by atoms with van der Waals surface area (Å²) >= 11 is 0. The predicted molar refractivity (Wildman–Crippen MR) is 70.7 cm³/mol. The first-order valence-electron chi connectivity index (χ1n) is 6.42. The smallest absolute Gasteiger partial charge is 0.131 e. The van der Waals surface area contributed by atoms with Crippen LogP contribution in [0.2, 0.25) is 0 Å². The van der Waals surface area contributed by atoms with Crippen molar-refractivity contribution in [1.82, 2.24) is 9.88 Å². The van der Waals surface area contributed by atoms with E-state index in [-0.39, 0.29) is 0 Å². The molecule has 4 nitrogen and oxygen atoms in total. The zero-order chi connectivity index (χ0) is 11.8. The average molecular weight is 232 g/mol. The van der Waals surface area contributed by atoms with E-state index in [4.69, 9.17) is 0 Å². The van der Waals surface area contributed by atoms with Crippen LogP contribution in [0.3, 0.4) is 0 Å². The van der Waals surface area contributed by atoms with E-state index in [2.05, 4.69) is 40.1 Å². The van der Waals surface area contributed by atoms with E-state index in [1.54, 1.807) is 0 Å². The van der Waals surface area contributed by atoms with Gasteiger partial charge in [-0.15, -0.1) is 0 Å². The van der Waals surface area contributed by atoms with Gasteiger partial charge in [-0.2, -0.15) is 0 Å². The van der Waals surface area contributed by atoms with Gasteiger partial charge in [-0.3, -0.25) is 0 Å². The maximum atomic E-state index is 4.40. The molecule has 3 heterocycles. The zero-order valence-electron chi connectivity index (χ0n) is 10.6. The normalized spacial score (nSPS) is 24.6. The lowest BCUT2D eigenvalue weighted by Gasteiger charge is -2.39. The Morgan fingerprint density at radius 3 is 3.12 bits per heavy atom. The van der Waals surface area contributed by atoms with Crippen LogP contribution in [0.15, 0.2) is 12.3 Å². The van der Waals surface area contributed by atoms with E-state index in [0.717, 1.165) is 38.4 Å². The van der Waals surface area contributed by atoms with E-state index in [1.165, 1.54) is 11.3 Å². The Morgan fingerprint density at radius 1 is 1.41 bits per heavy atom. The van der Waals surface area contributed by atoms with Gasteiger partial charge in [0.15, 0.2) is 0 Å². The fraction of sp³-hybridized carbons (Fsp3) is 0.615. The largest absolute Gasteiger partial charge is 0.369 e. The number of anilines is 2. The van der Waals surface area contributed by atoms with Gasteiger partial charge < -0.3 is 15.1 Å². The van der Waals surface area contributed by atoms with Gasteiger partial charge in [0.2, 0.25) is 0 Å². The molecule has 1 fully saturated rings. The monoisotopic (exact) mass is 232 g/mol. The summed E-state index contributed by atoms with van der Waals surface area (Å²) in [5, 5.41) is 3.35. The molecule has 1 atom stereocenters. The highest BCUT2D eigenvalue weighted by atomic mass is 15.3. The van der Waals surface area contributed by atoms with Crippen LogP contribution >= 0.6 is 0 Å². The summed E-state index contributed by atoms with van der Waals surface area (Å²) in [7, 11) is 2.21. The second-order valence-electron chi connectivity index (χ2n) is 5.11. The van der Waals surface area contributed by atoms with Crippen molar-refractivity contribution in [3.8, 4) is 0 Å². The number of piperazine rings is 1. The van der Waals surface area contributed by atoms with Gasteiger partial charge in [0.25, 0.3) is 0 Å². The summed E-state index contributed by atoms with van der Waals surface area (Å²) in [6.45, 7) is 6.71. The van der Waals surface area contributed by atoms with Gasteiger partial charge in [-0.05, 0) is 26.5 Å². The van der Waals surface area contributed by atoms with Gasteiger partial charge >= 0.3 is 0 Å². The number of aromatic nitrogens is 1. The number of hydrogen-bond acceptors (Lipinski definition) is 4. The lowest BCUT2D eigenvalue weighted by Crippen LogP contribution is -2.50. The summed E-state index contributed by atoms with van der Waals surface area (Å²) < 4.78 is 0. The predicted octanol–water partition coefficient (Wildman–Crippen LogP) is 1.19. The molecular formula is C13H20N4. The molecule has 0 unspecified atom stereocenters. The Kier molecular flexibility index (Phi) is 2.67. The molecule has 92 valence electrons. The molecule has 1 aromatic heterocycles. The van der Waals surface area contributed by atoms with E-state index in [9.17, 15) is 0 Å². The first kappa shape index (κ1) is 10.8. The summed E-state index contributed by atoms with van der Waals surface area (Å²) in [5.74, 6) is 1.09. The van der Waals surface area contributed by atoms with E-state index in [0.29, 0.717) is 6.04 Å². The van der Waals surface area contributed by atoms with Crippen molar-refractivity contribution in [2.24, 2.45) is 0 Å². The van der Waals surface area contributed by atoms with Crippen molar-refractivity contribution in [3.63, 3.8) is 0 Å². The summed E-state index contributed by atoms with van der Waals surface area (Å²) in [6.07, 6.45) is 3.04. The van der Waals surface area contributed by atoms with Crippen molar-refractivity contribution < 1.29 is 0 Å². The standard InChI is InChI=1S/C13H20N4/c1-10-9-17(8-7-16(10)2)12-4-6-15-13-11(12)3-5-14-13/h4,6,10H,3,5,7-9H2,1-2H3,(H,14,15)/t10-/m0/s1. The van der Waals surface area contributed by atoms with Gasteiger partial charge in [-0.25, -0.2) is 4.98 Å². The first-order chi connectivity index (χ1) is 8.25. The minimum atomic E-state index is 0.627. The Bertz CT molecular complexity index is 418. The molecule has 1 saturated heterocycles. The zero-order valence-corrected chi connectivity index (χ0v) is 10.6. The second-order valence-corrected chi connectivity index (χ2v) is 5.11. The van der Waals surface area contributed by atoms with Crippen molar-refractivity contribution in [2.45, 2.75) is 19.4 Å². The lowest BCUT2D eigenvalue weighted by atomic mass is 10.1. The molecule has 0 radical (unpaired) electrons. The van der Waals surface area contributed by atoms with Crippen LogP contribution < -0.4 is 10.2 Å². The number of fused-ring (bicyclic) bond motifs is 1. The molecule has 4 heteroatoms. The van der Waals surface area contributed by atoms with Crippen LogP contribution in [0.4, 0.5) is 11.5 Å². The SMILES string of the molecule is C[C@H]1CN(c2ccnc3c2CCN3)CCN1C. The lowest BCUT2D eigenvalue weighted by molar-refractivity contribution is 0.234. The molecule has 17 heavy (non-hydrogen) atoms. The number of nitrogens with one attached hydrogen (secondary N) is 1. The first-order valence-corrected chi connectivity index (χ1v) is 6.42. The van der Waals surface area contributed by atoms with Gasteiger partial charge in [0.1, 0.15) is 5.82 Å². The minimum absolute atomic E-state index is 0.627. The Morgan fingerprint density at radius 2 is 2.29 bits per heavy atom. The number of rotatable bonds is 1. The van der Waals surface area contributed by atoms with Crippen LogP contribution in [-0.4, -0.2) is 49.2 Å². The van der Waals surface area contributed by atoms with Crippen molar-refractivity contribution in [2.75, 3.05) is 43.4 Å². The van der Waals surface area contributed by atoms with Gasteiger partial charge in [0, 0.05) is 49.7 Å². The van der Waals surface area contributed by atoms with E-state index < -0.39 is 0 Å². The third kappa shape index (κ3) is 1.86. The van der Waals surface area contributed by atoms with Crippen LogP contribution in [0, 0.1) is 0 Å². The van der Waals surface area contributed by atoms with Gasteiger partial charge in [-0.1, -0.05) is 0 Å². The topological polar surface area (TPSA) is 31.4 Å². The summed E-state index contributed by atoms with van der Waals surface area (Å²) in [6, 6.07) is 2.80. The van der Waals surface area contributed by atoms with Crippen LogP contribution in [0.5, 0.6) is 0 Å². The molecule has 0 bridgehead atoms.